The molecule has 0 spiro atoms. The van der Waals surface area contributed by atoms with Gasteiger partial charge in [0.05, 0.1) is 5.41 Å². The summed E-state index contributed by atoms with van der Waals surface area (Å²) in [4.78, 5) is 14.2. The van der Waals surface area contributed by atoms with Gasteiger partial charge in [-0.15, -0.1) is 12.4 Å². The van der Waals surface area contributed by atoms with E-state index in [0.29, 0.717) is 25.8 Å². The van der Waals surface area contributed by atoms with Gasteiger partial charge in [-0.05, 0) is 25.7 Å². The van der Waals surface area contributed by atoms with Crippen molar-refractivity contribution in [2.45, 2.75) is 31.7 Å². The molecule has 94 valence electrons. The Balaban J connectivity index is 0.00000128. The van der Waals surface area contributed by atoms with E-state index in [9.17, 15) is 4.79 Å². The van der Waals surface area contributed by atoms with Gasteiger partial charge in [-0.1, -0.05) is 0 Å². The van der Waals surface area contributed by atoms with Gasteiger partial charge in [-0.3, -0.25) is 4.79 Å². The fourth-order valence-electron chi connectivity index (χ4n) is 2.27. The smallest absolute Gasteiger partial charge is 0.230 e. The van der Waals surface area contributed by atoms with Crippen molar-refractivity contribution in [3.8, 4) is 0 Å². The number of nitrogens with zero attached hydrogens (tertiary/aromatic N) is 1. The molecular formula is C11H21ClN2O2. The molecule has 0 aromatic carbocycles. The van der Waals surface area contributed by atoms with Crippen LogP contribution in [0.2, 0.25) is 0 Å². The molecule has 1 amide bonds. The van der Waals surface area contributed by atoms with Crippen LogP contribution in [0.5, 0.6) is 0 Å². The average molecular weight is 249 g/mol. The normalized spacial score (nSPS) is 23.4. The molecule has 2 N–H and O–H groups in total. The highest BCUT2D eigenvalue weighted by Crippen LogP contribution is 2.35. The van der Waals surface area contributed by atoms with E-state index in [0.717, 1.165) is 25.7 Å². The Morgan fingerprint density at radius 2 is 2.00 bits per heavy atom. The van der Waals surface area contributed by atoms with E-state index in [1.807, 2.05) is 11.9 Å². The molecule has 1 aliphatic carbocycles. The first-order chi connectivity index (χ1) is 7.19. The van der Waals surface area contributed by atoms with E-state index in [1.54, 1.807) is 0 Å². The zero-order valence-corrected chi connectivity index (χ0v) is 10.6. The second kappa shape index (κ2) is 5.34. The average Bonchev–Trinajstić information content (AvgIpc) is 3.12. The number of hydrogen-bond donors (Lipinski definition) is 1. The monoisotopic (exact) mass is 248 g/mol. The van der Waals surface area contributed by atoms with Crippen molar-refractivity contribution in [3.63, 3.8) is 0 Å². The Labute approximate surface area is 103 Å². The highest BCUT2D eigenvalue weighted by molar-refractivity contribution is 5.85. The summed E-state index contributed by atoms with van der Waals surface area (Å²) in [6, 6.07) is 0.476. The lowest BCUT2D eigenvalue weighted by Crippen LogP contribution is -2.50. The van der Waals surface area contributed by atoms with Crippen LogP contribution in [0, 0.1) is 5.41 Å². The van der Waals surface area contributed by atoms with Crippen LogP contribution in [-0.4, -0.2) is 43.7 Å². The lowest BCUT2D eigenvalue weighted by Gasteiger charge is -2.37. The largest absolute Gasteiger partial charge is 0.381 e. The molecule has 1 heterocycles. The summed E-state index contributed by atoms with van der Waals surface area (Å²) >= 11 is 0. The first-order valence-corrected chi connectivity index (χ1v) is 5.75. The maximum atomic E-state index is 12.3. The minimum Gasteiger partial charge on any atom is -0.381 e. The molecule has 0 aromatic heterocycles. The van der Waals surface area contributed by atoms with Crippen molar-refractivity contribution in [1.29, 1.82) is 0 Å². The summed E-state index contributed by atoms with van der Waals surface area (Å²) in [5.41, 5.74) is 5.46. The van der Waals surface area contributed by atoms with Crippen molar-refractivity contribution in [2.75, 3.05) is 26.8 Å². The van der Waals surface area contributed by atoms with Gasteiger partial charge in [-0.2, -0.15) is 0 Å². The number of rotatable bonds is 3. The third kappa shape index (κ3) is 2.50. The Hall–Kier alpha value is -0.320. The molecule has 4 nitrogen and oxygen atoms in total. The van der Waals surface area contributed by atoms with Gasteiger partial charge in [0, 0.05) is 32.8 Å². The molecule has 1 saturated heterocycles. The number of amides is 1. The second-order valence-electron chi connectivity index (χ2n) is 4.74. The Morgan fingerprint density at radius 1 is 1.44 bits per heavy atom. The highest BCUT2D eigenvalue weighted by Gasteiger charge is 2.43. The standard InChI is InChI=1S/C11H20N2O2.ClH/c1-13(9-2-3-9)10(14)11(8-12)4-6-15-7-5-11;/h9H,2-8,12H2,1H3;1H. The summed E-state index contributed by atoms with van der Waals surface area (Å²) < 4.78 is 5.31. The number of ether oxygens (including phenoxy) is 1. The van der Waals surface area contributed by atoms with Gasteiger partial charge < -0.3 is 15.4 Å². The first kappa shape index (κ1) is 13.7. The van der Waals surface area contributed by atoms with Gasteiger partial charge in [0.25, 0.3) is 0 Å². The van der Waals surface area contributed by atoms with Crippen LogP contribution in [0.3, 0.4) is 0 Å². The molecule has 1 aliphatic heterocycles. The molecule has 0 atom stereocenters. The predicted octanol–water partition coefficient (Wildman–Crippen LogP) is 0.784. The van der Waals surface area contributed by atoms with Crippen molar-refractivity contribution in [2.24, 2.45) is 11.1 Å². The van der Waals surface area contributed by atoms with Crippen LogP contribution in [-0.2, 0) is 9.53 Å². The van der Waals surface area contributed by atoms with Crippen molar-refractivity contribution >= 4 is 18.3 Å². The number of carbonyl (C=O) groups is 1. The topological polar surface area (TPSA) is 55.6 Å². The zero-order valence-electron chi connectivity index (χ0n) is 9.78. The Morgan fingerprint density at radius 3 is 2.44 bits per heavy atom. The fourth-order valence-corrected chi connectivity index (χ4v) is 2.27. The minimum absolute atomic E-state index is 0. The number of carbonyl (C=O) groups excluding carboxylic acids is 1. The van der Waals surface area contributed by atoms with Gasteiger partial charge in [0.2, 0.25) is 5.91 Å². The Kier molecular flexibility index (Phi) is 4.59. The summed E-state index contributed by atoms with van der Waals surface area (Å²) in [6.07, 6.45) is 3.86. The summed E-state index contributed by atoms with van der Waals surface area (Å²) in [7, 11) is 1.91. The summed E-state index contributed by atoms with van der Waals surface area (Å²) in [5.74, 6) is 0.232. The number of hydrogen-bond acceptors (Lipinski definition) is 3. The van der Waals surface area contributed by atoms with Crippen molar-refractivity contribution < 1.29 is 9.53 Å². The molecule has 0 radical (unpaired) electrons. The van der Waals surface area contributed by atoms with Crippen LogP contribution >= 0.6 is 12.4 Å². The van der Waals surface area contributed by atoms with Gasteiger partial charge in [-0.25, -0.2) is 0 Å². The Bertz CT molecular complexity index is 250. The molecule has 0 aromatic rings. The molecular weight excluding hydrogens is 228 g/mol. The molecule has 1 saturated carbocycles. The SMILES string of the molecule is CN(C(=O)C1(CN)CCOCC1)C1CC1.Cl. The van der Waals surface area contributed by atoms with E-state index >= 15 is 0 Å². The van der Waals surface area contributed by atoms with Gasteiger partial charge in [0.15, 0.2) is 0 Å². The van der Waals surface area contributed by atoms with E-state index in [4.69, 9.17) is 10.5 Å². The van der Waals surface area contributed by atoms with E-state index < -0.39 is 0 Å². The fraction of sp³-hybridized carbons (Fsp3) is 0.909. The van der Waals surface area contributed by atoms with Crippen molar-refractivity contribution in [1.82, 2.24) is 4.90 Å². The lowest BCUT2D eigenvalue weighted by atomic mass is 9.79. The van der Waals surface area contributed by atoms with E-state index in [1.165, 1.54) is 0 Å². The zero-order chi connectivity index (χ0) is 10.9. The second-order valence-corrected chi connectivity index (χ2v) is 4.74. The molecule has 2 aliphatic rings. The van der Waals surface area contributed by atoms with Crippen LogP contribution in [0.1, 0.15) is 25.7 Å². The maximum Gasteiger partial charge on any atom is 0.230 e. The van der Waals surface area contributed by atoms with Crippen LogP contribution in [0.15, 0.2) is 0 Å². The highest BCUT2D eigenvalue weighted by atomic mass is 35.5. The molecule has 0 bridgehead atoms. The first-order valence-electron chi connectivity index (χ1n) is 5.75. The third-order valence-corrected chi connectivity index (χ3v) is 3.71. The lowest BCUT2D eigenvalue weighted by molar-refractivity contribution is -0.146. The van der Waals surface area contributed by atoms with Gasteiger partial charge >= 0.3 is 0 Å². The van der Waals surface area contributed by atoms with Crippen molar-refractivity contribution in [3.05, 3.63) is 0 Å². The predicted molar refractivity (Wildman–Crippen MR) is 64.6 cm³/mol. The van der Waals surface area contributed by atoms with E-state index in [2.05, 4.69) is 0 Å². The molecule has 2 rings (SSSR count). The number of nitrogens with two attached hydrogens (primary N) is 1. The molecule has 2 fully saturated rings. The number of halogens is 1. The minimum atomic E-state index is -0.338. The molecule has 5 heteroatoms. The quantitative estimate of drug-likeness (QED) is 0.803. The molecule has 16 heavy (non-hydrogen) atoms. The van der Waals surface area contributed by atoms with Crippen LogP contribution < -0.4 is 5.73 Å². The van der Waals surface area contributed by atoms with Crippen LogP contribution in [0.25, 0.3) is 0 Å². The van der Waals surface area contributed by atoms with Gasteiger partial charge in [0.1, 0.15) is 0 Å². The molecule has 0 unspecified atom stereocenters. The van der Waals surface area contributed by atoms with E-state index in [-0.39, 0.29) is 23.7 Å². The van der Waals surface area contributed by atoms with Crippen LogP contribution in [0.4, 0.5) is 0 Å². The summed E-state index contributed by atoms with van der Waals surface area (Å²) in [5, 5.41) is 0. The third-order valence-electron chi connectivity index (χ3n) is 3.71. The maximum absolute atomic E-state index is 12.3. The summed E-state index contributed by atoms with van der Waals surface area (Å²) in [6.45, 7) is 1.79.